The van der Waals surface area contributed by atoms with E-state index in [1.54, 1.807) is 11.0 Å². The van der Waals surface area contributed by atoms with Crippen molar-refractivity contribution in [2.45, 2.75) is 13.3 Å². The van der Waals surface area contributed by atoms with Crippen LogP contribution >= 0.6 is 11.6 Å². The fourth-order valence-corrected chi connectivity index (χ4v) is 1.51. The van der Waals surface area contributed by atoms with E-state index in [0.717, 1.165) is 24.3 Å². The minimum absolute atomic E-state index is 0.699. The summed E-state index contributed by atoms with van der Waals surface area (Å²) in [5.74, 6) is 0. The van der Waals surface area contributed by atoms with Gasteiger partial charge in [-0.05, 0) is 35.0 Å². The third-order valence-electron chi connectivity index (χ3n) is 2.13. The summed E-state index contributed by atoms with van der Waals surface area (Å²) < 4.78 is 1.59. The highest BCUT2D eigenvalue weighted by Crippen LogP contribution is 2.24. The molecule has 1 N–H and O–H groups in total. The molecule has 16 heavy (non-hydrogen) atoms. The van der Waals surface area contributed by atoms with Gasteiger partial charge in [0.2, 0.25) is 0 Å². The summed E-state index contributed by atoms with van der Waals surface area (Å²) in [6, 6.07) is 5.63. The van der Waals surface area contributed by atoms with Gasteiger partial charge in [0.25, 0.3) is 0 Å². The summed E-state index contributed by atoms with van der Waals surface area (Å²) in [5.41, 5.74) is 1.78. The van der Waals surface area contributed by atoms with Crippen LogP contribution in [0.5, 0.6) is 0 Å². The number of aromatic nitrogens is 4. The van der Waals surface area contributed by atoms with Crippen LogP contribution in [-0.2, 0) is 0 Å². The van der Waals surface area contributed by atoms with Crippen LogP contribution in [0.1, 0.15) is 13.3 Å². The first kappa shape index (κ1) is 10.9. The molecule has 2 rings (SSSR count). The van der Waals surface area contributed by atoms with Gasteiger partial charge in [-0.1, -0.05) is 18.5 Å². The largest absolute Gasteiger partial charge is 0.384 e. The SMILES string of the molecule is CCCNc1cc(-n2cnnn2)ccc1Cl. The molecule has 0 radical (unpaired) electrons. The second-order valence-electron chi connectivity index (χ2n) is 3.35. The van der Waals surface area contributed by atoms with Gasteiger partial charge < -0.3 is 5.32 Å². The predicted octanol–water partition coefficient (Wildman–Crippen LogP) is 2.14. The van der Waals surface area contributed by atoms with E-state index in [9.17, 15) is 0 Å². The fourth-order valence-electron chi connectivity index (χ4n) is 1.33. The Kier molecular flexibility index (Phi) is 3.36. The van der Waals surface area contributed by atoms with Crippen LogP contribution in [0.25, 0.3) is 5.69 Å². The molecule has 1 aromatic heterocycles. The summed E-state index contributed by atoms with van der Waals surface area (Å²) >= 11 is 6.07. The Morgan fingerprint density at radius 2 is 2.31 bits per heavy atom. The smallest absolute Gasteiger partial charge is 0.143 e. The van der Waals surface area contributed by atoms with Crippen LogP contribution in [0.2, 0.25) is 5.02 Å². The monoisotopic (exact) mass is 237 g/mol. The Balaban J connectivity index is 2.28. The average molecular weight is 238 g/mol. The number of anilines is 1. The van der Waals surface area contributed by atoms with Crippen molar-refractivity contribution >= 4 is 17.3 Å². The van der Waals surface area contributed by atoms with E-state index in [2.05, 4.69) is 27.8 Å². The normalized spacial score (nSPS) is 10.4. The van der Waals surface area contributed by atoms with Crippen LogP contribution in [-0.4, -0.2) is 26.8 Å². The van der Waals surface area contributed by atoms with Crippen LogP contribution in [0.3, 0.4) is 0 Å². The molecule has 0 amide bonds. The number of hydrogen-bond donors (Lipinski definition) is 1. The summed E-state index contributed by atoms with van der Waals surface area (Å²) in [5, 5.41) is 15.0. The topological polar surface area (TPSA) is 55.6 Å². The lowest BCUT2D eigenvalue weighted by Crippen LogP contribution is -2.02. The summed E-state index contributed by atoms with van der Waals surface area (Å²) in [6.45, 7) is 2.99. The number of hydrogen-bond acceptors (Lipinski definition) is 4. The molecule has 0 aliphatic carbocycles. The molecule has 0 spiro atoms. The summed E-state index contributed by atoms with van der Waals surface area (Å²) in [7, 11) is 0. The first-order chi connectivity index (χ1) is 7.81. The molecule has 2 aromatic rings. The third kappa shape index (κ3) is 2.30. The maximum Gasteiger partial charge on any atom is 0.143 e. The molecular formula is C10H12ClN5. The summed E-state index contributed by atoms with van der Waals surface area (Å²) in [4.78, 5) is 0. The minimum Gasteiger partial charge on any atom is -0.384 e. The van der Waals surface area contributed by atoms with E-state index >= 15 is 0 Å². The van der Waals surface area contributed by atoms with Crippen LogP contribution < -0.4 is 5.32 Å². The van der Waals surface area contributed by atoms with E-state index in [1.165, 1.54) is 0 Å². The molecule has 0 aliphatic rings. The van der Waals surface area contributed by atoms with E-state index in [4.69, 9.17) is 11.6 Å². The van der Waals surface area contributed by atoms with Gasteiger partial charge in [0.05, 0.1) is 16.4 Å². The average Bonchev–Trinajstić information content (AvgIpc) is 2.81. The van der Waals surface area contributed by atoms with Crippen LogP contribution in [0.4, 0.5) is 5.69 Å². The number of nitrogens with one attached hydrogen (secondary N) is 1. The minimum atomic E-state index is 0.699. The molecule has 0 bridgehead atoms. The Bertz CT molecular complexity index is 454. The molecule has 5 nitrogen and oxygen atoms in total. The van der Waals surface area contributed by atoms with E-state index < -0.39 is 0 Å². The molecule has 0 unspecified atom stereocenters. The Hall–Kier alpha value is -1.62. The van der Waals surface area contributed by atoms with Crippen LogP contribution in [0, 0.1) is 0 Å². The molecule has 1 aromatic carbocycles. The van der Waals surface area contributed by atoms with E-state index in [0.29, 0.717) is 5.02 Å². The van der Waals surface area contributed by atoms with Gasteiger partial charge >= 0.3 is 0 Å². The van der Waals surface area contributed by atoms with Crippen molar-refractivity contribution in [3.8, 4) is 5.69 Å². The highest BCUT2D eigenvalue weighted by atomic mass is 35.5. The molecule has 0 aliphatic heterocycles. The highest BCUT2D eigenvalue weighted by Gasteiger charge is 2.03. The zero-order valence-corrected chi connectivity index (χ0v) is 9.65. The molecule has 84 valence electrons. The van der Waals surface area contributed by atoms with Crippen molar-refractivity contribution in [2.24, 2.45) is 0 Å². The molecule has 0 saturated carbocycles. The molecule has 0 atom stereocenters. The first-order valence-electron chi connectivity index (χ1n) is 5.08. The fraction of sp³-hybridized carbons (Fsp3) is 0.300. The lowest BCUT2D eigenvalue weighted by atomic mass is 10.2. The van der Waals surface area contributed by atoms with Crippen molar-refractivity contribution in [2.75, 3.05) is 11.9 Å². The summed E-state index contributed by atoms with van der Waals surface area (Å²) in [6.07, 6.45) is 2.60. The molecule has 0 fully saturated rings. The van der Waals surface area contributed by atoms with Crippen molar-refractivity contribution in [3.63, 3.8) is 0 Å². The van der Waals surface area contributed by atoms with Gasteiger partial charge in [-0.2, -0.15) is 0 Å². The Labute approximate surface area is 98.4 Å². The van der Waals surface area contributed by atoms with Crippen molar-refractivity contribution in [3.05, 3.63) is 29.5 Å². The van der Waals surface area contributed by atoms with Crippen molar-refractivity contribution < 1.29 is 0 Å². The number of tetrazole rings is 1. The second kappa shape index (κ2) is 4.94. The lowest BCUT2D eigenvalue weighted by Gasteiger charge is -2.08. The zero-order chi connectivity index (χ0) is 11.4. The van der Waals surface area contributed by atoms with Gasteiger partial charge in [0.1, 0.15) is 6.33 Å². The quantitative estimate of drug-likeness (QED) is 0.885. The predicted molar refractivity (Wildman–Crippen MR) is 62.9 cm³/mol. The zero-order valence-electron chi connectivity index (χ0n) is 8.89. The van der Waals surface area contributed by atoms with Gasteiger partial charge in [-0.25, -0.2) is 4.68 Å². The number of rotatable bonds is 4. The maximum atomic E-state index is 6.07. The van der Waals surface area contributed by atoms with Crippen LogP contribution in [0.15, 0.2) is 24.5 Å². The lowest BCUT2D eigenvalue weighted by molar-refractivity contribution is 0.789. The third-order valence-corrected chi connectivity index (χ3v) is 2.46. The Morgan fingerprint density at radius 3 is 3.00 bits per heavy atom. The van der Waals surface area contributed by atoms with Gasteiger partial charge in [-0.15, -0.1) is 5.10 Å². The van der Waals surface area contributed by atoms with Crippen molar-refractivity contribution in [1.29, 1.82) is 0 Å². The first-order valence-corrected chi connectivity index (χ1v) is 5.46. The second-order valence-corrected chi connectivity index (χ2v) is 3.75. The maximum absolute atomic E-state index is 6.07. The highest BCUT2D eigenvalue weighted by molar-refractivity contribution is 6.33. The molecule has 1 heterocycles. The molecule has 0 saturated heterocycles. The van der Waals surface area contributed by atoms with Gasteiger partial charge in [0.15, 0.2) is 0 Å². The standard InChI is InChI=1S/C10H12ClN5/c1-2-5-12-10-6-8(3-4-9(10)11)16-7-13-14-15-16/h3-4,6-7,12H,2,5H2,1H3. The number of nitrogens with zero attached hydrogens (tertiary/aromatic N) is 4. The Morgan fingerprint density at radius 1 is 1.44 bits per heavy atom. The van der Waals surface area contributed by atoms with Gasteiger partial charge in [0, 0.05) is 6.54 Å². The van der Waals surface area contributed by atoms with Crippen molar-refractivity contribution in [1.82, 2.24) is 20.2 Å². The van der Waals surface area contributed by atoms with Gasteiger partial charge in [-0.3, -0.25) is 0 Å². The molecular weight excluding hydrogens is 226 g/mol. The molecule has 6 heteroatoms. The number of benzene rings is 1. The van der Waals surface area contributed by atoms with E-state index in [-0.39, 0.29) is 0 Å². The van der Waals surface area contributed by atoms with E-state index in [1.807, 2.05) is 18.2 Å². The number of halogens is 1.